The lowest BCUT2D eigenvalue weighted by Gasteiger charge is -2.08. The third-order valence-electron chi connectivity index (χ3n) is 4.54. The maximum Gasteiger partial charge on any atom is 0.310 e. The van der Waals surface area contributed by atoms with Gasteiger partial charge in [0.05, 0.1) is 30.7 Å². The van der Waals surface area contributed by atoms with Gasteiger partial charge >= 0.3 is 5.97 Å². The predicted molar refractivity (Wildman–Crippen MR) is 110 cm³/mol. The first-order chi connectivity index (χ1) is 13.4. The average molecular weight is 420 g/mol. The molecule has 0 unspecified atom stereocenters. The first-order valence-corrected chi connectivity index (χ1v) is 9.46. The molecular weight excluding hydrogens is 401 g/mol. The van der Waals surface area contributed by atoms with Gasteiger partial charge in [-0.3, -0.25) is 14.2 Å². The van der Waals surface area contributed by atoms with E-state index in [1.165, 1.54) is 7.11 Å². The number of aromatic nitrogens is 1. The number of esters is 1. The van der Waals surface area contributed by atoms with Crippen LogP contribution in [0.5, 0.6) is 5.75 Å². The van der Waals surface area contributed by atoms with Crippen molar-refractivity contribution >= 4 is 46.0 Å². The topological polar surface area (TPSA) is 57.5 Å². The summed E-state index contributed by atoms with van der Waals surface area (Å²) in [5, 5.41) is 1.50. The molecule has 2 aromatic carbocycles. The number of carbonyl (C=O) groups excluding carboxylic acids is 2. The van der Waals surface area contributed by atoms with Gasteiger partial charge < -0.3 is 9.47 Å². The molecule has 28 heavy (non-hydrogen) atoms. The van der Waals surface area contributed by atoms with Gasteiger partial charge in [0.1, 0.15) is 5.75 Å². The molecule has 5 nitrogen and oxygen atoms in total. The summed E-state index contributed by atoms with van der Waals surface area (Å²) in [7, 11) is 1.51. The van der Waals surface area contributed by atoms with Crippen LogP contribution in [0.2, 0.25) is 10.0 Å². The number of fused-ring (bicyclic) bond motifs is 1. The zero-order valence-corrected chi connectivity index (χ0v) is 17.2. The lowest BCUT2D eigenvalue weighted by molar-refractivity contribution is -0.142. The van der Waals surface area contributed by atoms with Crippen molar-refractivity contribution in [2.45, 2.75) is 20.3 Å². The second-order valence-electron chi connectivity index (χ2n) is 6.17. The van der Waals surface area contributed by atoms with E-state index in [0.717, 1.165) is 0 Å². The van der Waals surface area contributed by atoms with Crippen molar-refractivity contribution in [3.05, 3.63) is 63.3 Å². The van der Waals surface area contributed by atoms with Crippen LogP contribution in [-0.4, -0.2) is 30.2 Å². The molecule has 0 radical (unpaired) electrons. The van der Waals surface area contributed by atoms with E-state index in [1.807, 2.05) is 0 Å². The van der Waals surface area contributed by atoms with E-state index in [9.17, 15) is 9.59 Å². The van der Waals surface area contributed by atoms with Gasteiger partial charge in [-0.1, -0.05) is 23.2 Å². The van der Waals surface area contributed by atoms with Crippen molar-refractivity contribution in [2.24, 2.45) is 0 Å². The Kier molecular flexibility index (Phi) is 5.96. The third-order valence-corrected chi connectivity index (χ3v) is 5.17. The summed E-state index contributed by atoms with van der Waals surface area (Å²) in [5.41, 5.74) is 2.33. The van der Waals surface area contributed by atoms with E-state index in [-0.39, 0.29) is 24.9 Å². The number of hydrogen-bond donors (Lipinski definition) is 0. The van der Waals surface area contributed by atoms with Gasteiger partial charge in [0, 0.05) is 21.7 Å². The first kappa shape index (κ1) is 20.2. The summed E-state index contributed by atoms with van der Waals surface area (Å²) in [4.78, 5) is 25.4. The zero-order valence-electron chi connectivity index (χ0n) is 15.7. The molecule has 0 spiro atoms. The van der Waals surface area contributed by atoms with Crippen LogP contribution < -0.4 is 4.74 Å². The fourth-order valence-corrected chi connectivity index (χ4v) is 3.71. The third kappa shape index (κ3) is 3.60. The summed E-state index contributed by atoms with van der Waals surface area (Å²) in [6.07, 6.45) is 0.00393. The molecule has 0 aliphatic rings. The Morgan fingerprint density at radius 2 is 1.75 bits per heavy atom. The van der Waals surface area contributed by atoms with Crippen LogP contribution in [0.4, 0.5) is 0 Å². The summed E-state index contributed by atoms with van der Waals surface area (Å²) in [6, 6.07) is 10.1. The molecule has 0 bridgehead atoms. The number of methoxy groups -OCH3 is 1. The molecule has 0 aliphatic carbocycles. The molecule has 0 atom stereocenters. The molecule has 7 heteroatoms. The van der Waals surface area contributed by atoms with Gasteiger partial charge in [-0.05, 0) is 55.8 Å². The highest BCUT2D eigenvalue weighted by Gasteiger charge is 2.24. The Morgan fingerprint density at radius 1 is 1.07 bits per heavy atom. The normalized spacial score (nSPS) is 10.9. The van der Waals surface area contributed by atoms with E-state index in [2.05, 4.69) is 0 Å². The molecular formula is C21H19Cl2NO4. The summed E-state index contributed by atoms with van der Waals surface area (Å²) in [6.45, 7) is 3.80. The molecule has 3 aromatic rings. The van der Waals surface area contributed by atoms with Crippen molar-refractivity contribution in [2.75, 3.05) is 13.7 Å². The maximum atomic E-state index is 13.2. The number of carbonyl (C=O) groups is 2. The minimum atomic E-state index is -0.387. The van der Waals surface area contributed by atoms with Gasteiger partial charge in [-0.2, -0.15) is 0 Å². The van der Waals surface area contributed by atoms with E-state index >= 15 is 0 Å². The average Bonchev–Trinajstić information content (AvgIpc) is 2.94. The highest BCUT2D eigenvalue weighted by atomic mass is 35.5. The van der Waals surface area contributed by atoms with Crippen LogP contribution in [0.15, 0.2) is 36.4 Å². The molecule has 3 rings (SSSR count). The maximum absolute atomic E-state index is 13.2. The smallest absolute Gasteiger partial charge is 0.310 e. The molecule has 146 valence electrons. The van der Waals surface area contributed by atoms with Crippen LogP contribution >= 0.6 is 23.2 Å². The molecule has 0 saturated heterocycles. The van der Waals surface area contributed by atoms with E-state index < -0.39 is 0 Å². The number of halogens is 2. The van der Waals surface area contributed by atoms with Crippen LogP contribution in [-0.2, 0) is 16.0 Å². The second kappa shape index (κ2) is 8.25. The minimum Gasteiger partial charge on any atom is -0.495 e. The van der Waals surface area contributed by atoms with Crippen LogP contribution in [0.1, 0.15) is 28.5 Å². The lowest BCUT2D eigenvalue weighted by atomic mass is 10.1. The predicted octanol–water partition coefficient (Wildman–Crippen LogP) is 5.06. The number of hydrogen-bond acceptors (Lipinski definition) is 4. The largest absolute Gasteiger partial charge is 0.495 e. The minimum absolute atomic E-state index is 0.00393. The highest BCUT2D eigenvalue weighted by molar-refractivity contribution is 6.37. The van der Waals surface area contributed by atoms with Gasteiger partial charge in [-0.25, -0.2) is 0 Å². The molecule has 0 amide bonds. The first-order valence-electron chi connectivity index (χ1n) is 8.71. The number of ether oxygens (including phenoxy) is 2. The van der Waals surface area contributed by atoms with Crippen LogP contribution in [0.25, 0.3) is 10.9 Å². The summed E-state index contributed by atoms with van der Waals surface area (Å²) < 4.78 is 12.0. The highest BCUT2D eigenvalue weighted by Crippen LogP contribution is 2.38. The summed E-state index contributed by atoms with van der Waals surface area (Å²) >= 11 is 12.5. The molecule has 0 aliphatic heterocycles. The quantitative estimate of drug-likeness (QED) is 0.542. The molecule has 1 aromatic heterocycles. The van der Waals surface area contributed by atoms with E-state index in [1.54, 1.807) is 54.8 Å². The summed E-state index contributed by atoms with van der Waals surface area (Å²) in [5.74, 6) is -0.159. The Morgan fingerprint density at radius 3 is 2.36 bits per heavy atom. The van der Waals surface area contributed by atoms with Gasteiger partial charge in [-0.15, -0.1) is 0 Å². The fraction of sp³-hybridized carbons (Fsp3) is 0.238. The molecule has 1 heterocycles. The van der Waals surface area contributed by atoms with E-state index in [4.69, 9.17) is 32.7 Å². The van der Waals surface area contributed by atoms with Crippen LogP contribution in [0.3, 0.4) is 0 Å². The van der Waals surface area contributed by atoms with Crippen molar-refractivity contribution < 1.29 is 19.1 Å². The Balaban J connectivity index is 2.24. The zero-order chi connectivity index (χ0) is 20.4. The van der Waals surface area contributed by atoms with Crippen molar-refractivity contribution in [1.29, 1.82) is 0 Å². The number of benzene rings is 2. The fourth-order valence-electron chi connectivity index (χ4n) is 3.23. The van der Waals surface area contributed by atoms with E-state index in [0.29, 0.717) is 43.5 Å². The van der Waals surface area contributed by atoms with Gasteiger partial charge in [0.15, 0.2) is 0 Å². The number of nitrogens with zero attached hydrogens (tertiary/aromatic N) is 1. The molecule has 0 N–H and O–H groups in total. The van der Waals surface area contributed by atoms with Crippen LogP contribution in [0, 0.1) is 6.92 Å². The molecule has 0 fully saturated rings. The Labute approximate surface area is 172 Å². The van der Waals surface area contributed by atoms with Crippen molar-refractivity contribution in [1.82, 2.24) is 4.57 Å². The monoisotopic (exact) mass is 419 g/mol. The Hall–Kier alpha value is -2.50. The van der Waals surface area contributed by atoms with Crippen molar-refractivity contribution in [3.8, 4) is 5.75 Å². The molecule has 0 saturated carbocycles. The van der Waals surface area contributed by atoms with Gasteiger partial charge in [0.2, 0.25) is 0 Å². The number of rotatable bonds is 5. The van der Waals surface area contributed by atoms with Crippen molar-refractivity contribution in [3.63, 3.8) is 0 Å². The standard InChI is InChI=1S/C21H19Cl2NO4/c1-4-28-18(25)11-15-12(2)24(21(26)13-5-7-14(22)8-6-13)16-9-10-17(27-3)20(23)19(15)16/h5-10H,4,11H2,1-3H3. The second-order valence-corrected chi connectivity index (χ2v) is 6.98. The SMILES string of the molecule is CCOC(=O)Cc1c(C)n(C(=O)c2ccc(Cl)cc2)c2ccc(OC)c(Cl)c12. The van der Waals surface area contributed by atoms with Gasteiger partial charge in [0.25, 0.3) is 5.91 Å². The Bertz CT molecular complexity index is 1050. The lowest BCUT2D eigenvalue weighted by Crippen LogP contribution is -2.14.